The quantitative estimate of drug-likeness (QED) is 0.245. The van der Waals surface area contributed by atoms with Crippen LogP contribution in [0, 0.1) is 5.82 Å². The van der Waals surface area contributed by atoms with Crippen LogP contribution in [-0.4, -0.2) is 51.5 Å². The number of ether oxygens (including phenoxy) is 2. The van der Waals surface area contributed by atoms with E-state index in [0.29, 0.717) is 60.0 Å². The molecule has 1 saturated heterocycles. The van der Waals surface area contributed by atoms with Crippen molar-refractivity contribution in [2.24, 2.45) is 0 Å². The van der Waals surface area contributed by atoms with Crippen LogP contribution in [0.3, 0.4) is 0 Å². The first-order valence-electron chi connectivity index (χ1n) is 13.3. The van der Waals surface area contributed by atoms with E-state index in [9.17, 15) is 18.8 Å². The van der Waals surface area contributed by atoms with Gasteiger partial charge in [0.25, 0.3) is 5.91 Å². The minimum absolute atomic E-state index is 0.00805. The lowest BCUT2D eigenvalue weighted by molar-refractivity contribution is 0.0594. The Morgan fingerprint density at radius 1 is 0.829 bits per heavy atom. The lowest BCUT2D eigenvalue weighted by atomic mass is 10.1. The third kappa shape index (κ3) is 7.19. The van der Waals surface area contributed by atoms with Crippen LogP contribution in [0.5, 0.6) is 17.4 Å². The van der Waals surface area contributed by atoms with E-state index in [1.165, 1.54) is 37.4 Å². The van der Waals surface area contributed by atoms with Crippen molar-refractivity contribution in [2.45, 2.75) is 32.3 Å². The number of likely N-dealkylation sites (tertiary alicyclic amines) is 1. The number of benzene rings is 2. The van der Waals surface area contributed by atoms with Gasteiger partial charge in [0.1, 0.15) is 29.1 Å². The van der Waals surface area contributed by atoms with E-state index in [0.717, 1.165) is 0 Å². The SMILES string of the molecule is CC(=O)c1ccc(OC2CCN(C(=O)c3ccc(C(=O)Cc4ccc(Oc5ccc(F)cc5)nc4)nc3)CC2)cc1. The molecule has 1 amide bonds. The third-order valence-electron chi connectivity index (χ3n) is 6.79. The predicted octanol–water partition coefficient (Wildman–Crippen LogP) is 5.72. The minimum Gasteiger partial charge on any atom is -0.490 e. The molecule has 0 N–H and O–H groups in total. The topological polar surface area (TPSA) is 98.7 Å². The third-order valence-corrected chi connectivity index (χ3v) is 6.79. The summed E-state index contributed by atoms with van der Waals surface area (Å²) in [6.45, 7) is 2.62. The Kier molecular flexibility index (Phi) is 8.43. The number of nitrogens with zero attached hydrogens (tertiary/aromatic N) is 3. The summed E-state index contributed by atoms with van der Waals surface area (Å²) < 4.78 is 24.7. The lowest BCUT2D eigenvalue weighted by Crippen LogP contribution is -2.41. The number of Topliss-reactive ketones (excluding diaryl/α,β-unsaturated/α-hetero) is 2. The Morgan fingerprint density at radius 2 is 1.51 bits per heavy atom. The van der Waals surface area contributed by atoms with E-state index in [-0.39, 0.29) is 41.5 Å². The van der Waals surface area contributed by atoms with Gasteiger partial charge in [-0.2, -0.15) is 0 Å². The summed E-state index contributed by atoms with van der Waals surface area (Å²) in [5.41, 5.74) is 2.00. The molecule has 3 heterocycles. The van der Waals surface area contributed by atoms with E-state index >= 15 is 0 Å². The first-order chi connectivity index (χ1) is 19.8. The molecule has 1 fully saturated rings. The molecule has 41 heavy (non-hydrogen) atoms. The first kappa shape index (κ1) is 27.6. The first-order valence-corrected chi connectivity index (χ1v) is 13.3. The van der Waals surface area contributed by atoms with Crippen LogP contribution in [0.15, 0.2) is 85.2 Å². The van der Waals surface area contributed by atoms with Crippen LogP contribution in [-0.2, 0) is 6.42 Å². The van der Waals surface area contributed by atoms with Gasteiger partial charge in [-0.1, -0.05) is 6.07 Å². The fourth-order valence-electron chi connectivity index (χ4n) is 4.48. The summed E-state index contributed by atoms with van der Waals surface area (Å²) in [7, 11) is 0. The normalized spacial score (nSPS) is 13.5. The van der Waals surface area contributed by atoms with Gasteiger partial charge in [-0.3, -0.25) is 19.4 Å². The maximum Gasteiger partial charge on any atom is 0.255 e. The number of hydrogen-bond acceptors (Lipinski definition) is 7. The second kappa shape index (κ2) is 12.5. The standard InChI is InChI=1S/C32H28FN3O5/c1-21(37)23-3-8-26(9-4-23)40-28-14-16-36(17-15-28)32(39)24-5-12-29(34-20-24)30(38)18-22-2-13-31(35-19-22)41-27-10-6-25(33)7-11-27/h2-13,19-20,28H,14-18H2,1H3. The van der Waals surface area contributed by atoms with Crippen molar-refractivity contribution in [1.29, 1.82) is 0 Å². The molecule has 0 atom stereocenters. The molecule has 2 aromatic heterocycles. The number of carbonyl (C=O) groups is 3. The van der Waals surface area contributed by atoms with Gasteiger partial charge in [-0.05, 0) is 73.2 Å². The number of rotatable bonds is 9. The molecule has 2 aromatic carbocycles. The molecule has 0 aliphatic carbocycles. The van der Waals surface area contributed by atoms with Crippen LogP contribution in [0.4, 0.5) is 4.39 Å². The highest BCUT2D eigenvalue weighted by Crippen LogP contribution is 2.22. The average molecular weight is 554 g/mol. The number of hydrogen-bond donors (Lipinski definition) is 0. The van der Waals surface area contributed by atoms with Crippen LogP contribution >= 0.6 is 0 Å². The summed E-state index contributed by atoms with van der Waals surface area (Å²) in [5, 5.41) is 0. The van der Waals surface area contributed by atoms with Crippen molar-refractivity contribution in [2.75, 3.05) is 13.1 Å². The summed E-state index contributed by atoms with van der Waals surface area (Å²) in [4.78, 5) is 47.4. The average Bonchev–Trinajstić information content (AvgIpc) is 3.00. The number of piperidine rings is 1. The van der Waals surface area contributed by atoms with Crippen molar-refractivity contribution < 1.29 is 28.2 Å². The smallest absolute Gasteiger partial charge is 0.255 e. The van der Waals surface area contributed by atoms with Gasteiger partial charge in [-0.15, -0.1) is 0 Å². The number of halogens is 1. The molecule has 9 heteroatoms. The number of carbonyl (C=O) groups excluding carboxylic acids is 3. The van der Waals surface area contributed by atoms with E-state index in [4.69, 9.17) is 9.47 Å². The molecular weight excluding hydrogens is 525 g/mol. The maximum absolute atomic E-state index is 13.0. The Balaban J connectivity index is 1.10. The molecule has 4 aromatic rings. The maximum atomic E-state index is 13.0. The Bertz CT molecular complexity index is 1510. The molecular formula is C32H28FN3O5. The van der Waals surface area contributed by atoms with Gasteiger partial charge in [0, 0.05) is 56.4 Å². The zero-order valence-corrected chi connectivity index (χ0v) is 22.5. The number of amides is 1. The summed E-state index contributed by atoms with van der Waals surface area (Å²) in [5.74, 6) is 0.799. The van der Waals surface area contributed by atoms with Gasteiger partial charge in [0.15, 0.2) is 11.6 Å². The number of ketones is 2. The molecule has 1 aliphatic rings. The predicted molar refractivity (Wildman–Crippen MR) is 149 cm³/mol. The van der Waals surface area contributed by atoms with Gasteiger partial charge in [0.05, 0.1) is 5.56 Å². The van der Waals surface area contributed by atoms with Crippen LogP contribution in [0.2, 0.25) is 0 Å². The zero-order chi connectivity index (χ0) is 28.8. The Hall–Kier alpha value is -4.92. The second-order valence-corrected chi connectivity index (χ2v) is 9.78. The zero-order valence-electron chi connectivity index (χ0n) is 22.5. The molecule has 0 spiro atoms. The highest BCUT2D eigenvalue weighted by molar-refractivity contribution is 5.98. The molecule has 8 nitrogen and oxygen atoms in total. The minimum atomic E-state index is -0.355. The monoisotopic (exact) mass is 553 g/mol. The second-order valence-electron chi connectivity index (χ2n) is 9.78. The van der Waals surface area contributed by atoms with E-state index in [2.05, 4.69) is 9.97 Å². The van der Waals surface area contributed by atoms with Crippen LogP contribution in [0.1, 0.15) is 56.5 Å². The molecule has 208 valence electrons. The van der Waals surface area contributed by atoms with E-state index < -0.39 is 0 Å². The molecule has 0 radical (unpaired) electrons. The molecule has 5 rings (SSSR count). The number of pyridine rings is 2. The van der Waals surface area contributed by atoms with Gasteiger partial charge in [-0.25, -0.2) is 9.37 Å². The van der Waals surface area contributed by atoms with Crippen molar-refractivity contribution in [3.05, 3.63) is 113 Å². The number of aromatic nitrogens is 2. The highest BCUT2D eigenvalue weighted by atomic mass is 19.1. The van der Waals surface area contributed by atoms with Crippen LogP contribution in [0.25, 0.3) is 0 Å². The van der Waals surface area contributed by atoms with Gasteiger partial charge < -0.3 is 14.4 Å². The van der Waals surface area contributed by atoms with Gasteiger partial charge >= 0.3 is 0 Å². The lowest BCUT2D eigenvalue weighted by Gasteiger charge is -2.32. The molecule has 1 aliphatic heterocycles. The molecule has 0 saturated carbocycles. The Labute approximate surface area is 236 Å². The van der Waals surface area contributed by atoms with Crippen LogP contribution < -0.4 is 9.47 Å². The van der Waals surface area contributed by atoms with Gasteiger partial charge in [0.2, 0.25) is 5.88 Å². The summed E-state index contributed by atoms with van der Waals surface area (Å²) in [6, 6.07) is 19.2. The fraction of sp³-hybridized carbons (Fsp3) is 0.219. The summed E-state index contributed by atoms with van der Waals surface area (Å²) >= 11 is 0. The highest BCUT2D eigenvalue weighted by Gasteiger charge is 2.25. The van der Waals surface area contributed by atoms with Crippen molar-refractivity contribution in [1.82, 2.24) is 14.9 Å². The van der Waals surface area contributed by atoms with E-state index in [1.54, 1.807) is 59.6 Å². The largest absolute Gasteiger partial charge is 0.490 e. The van der Waals surface area contributed by atoms with Crippen molar-refractivity contribution >= 4 is 17.5 Å². The van der Waals surface area contributed by atoms with E-state index in [1.807, 2.05) is 0 Å². The molecule has 0 unspecified atom stereocenters. The summed E-state index contributed by atoms with van der Waals surface area (Å²) in [6.07, 6.45) is 4.43. The van der Waals surface area contributed by atoms with Crippen molar-refractivity contribution in [3.8, 4) is 17.4 Å². The van der Waals surface area contributed by atoms with Crippen molar-refractivity contribution in [3.63, 3.8) is 0 Å². The Morgan fingerprint density at radius 3 is 2.12 bits per heavy atom. The molecule has 0 bridgehead atoms. The fourth-order valence-corrected chi connectivity index (χ4v) is 4.48.